The van der Waals surface area contributed by atoms with Crippen molar-refractivity contribution in [3.63, 3.8) is 0 Å². The third-order valence-corrected chi connectivity index (χ3v) is 11.2. The number of fused-ring (bicyclic) bond motifs is 6. The minimum Gasteiger partial charge on any atom is -0.456 e. The average Bonchev–Trinajstić information content (AvgIpc) is 3.60. The fourth-order valence-corrected chi connectivity index (χ4v) is 8.56. The van der Waals surface area contributed by atoms with Gasteiger partial charge >= 0.3 is 0 Å². The predicted octanol–water partition coefficient (Wildman–Crippen LogP) is 15.0. The van der Waals surface area contributed by atoms with E-state index in [1.165, 1.54) is 65.8 Å². The van der Waals surface area contributed by atoms with Gasteiger partial charge in [-0.3, -0.25) is 0 Å². The smallest absolute Gasteiger partial charge is 0.135 e. The second kappa shape index (κ2) is 13.2. The molecular weight excluding hydrogens is 679 g/mol. The Balaban J connectivity index is 1.04. The van der Waals surface area contributed by atoms with Gasteiger partial charge in [-0.1, -0.05) is 170 Å². The van der Waals surface area contributed by atoms with Crippen molar-refractivity contribution < 1.29 is 4.74 Å². The van der Waals surface area contributed by atoms with Crippen LogP contribution in [0.4, 0.5) is 0 Å². The van der Waals surface area contributed by atoms with E-state index in [4.69, 9.17) is 4.74 Å². The van der Waals surface area contributed by atoms with Crippen LogP contribution >= 0.6 is 0 Å². The molecule has 2 heteroatoms. The van der Waals surface area contributed by atoms with Crippen LogP contribution in [0.5, 0.6) is 11.5 Å². The van der Waals surface area contributed by atoms with Gasteiger partial charge in [0.2, 0.25) is 0 Å². The molecule has 262 valence electrons. The molecule has 0 radical (unpaired) electrons. The summed E-state index contributed by atoms with van der Waals surface area (Å²) >= 11 is 0. The molecule has 0 amide bonds. The minimum atomic E-state index is 0.836. The Labute approximate surface area is 325 Å². The molecule has 1 aromatic heterocycles. The van der Waals surface area contributed by atoms with Gasteiger partial charge in [0.15, 0.2) is 0 Å². The minimum absolute atomic E-state index is 0.836. The molecule has 2 nitrogen and oxygen atoms in total. The van der Waals surface area contributed by atoms with E-state index < -0.39 is 0 Å². The highest BCUT2D eigenvalue weighted by atomic mass is 16.5. The Morgan fingerprint density at radius 3 is 1.61 bits per heavy atom. The number of para-hydroxylation sites is 1. The molecule has 11 rings (SSSR count). The van der Waals surface area contributed by atoms with E-state index >= 15 is 0 Å². The van der Waals surface area contributed by atoms with Crippen molar-refractivity contribution in [2.24, 2.45) is 0 Å². The van der Waals surface area contributed by atoms with Crippen molar-refractivity contribution in [1.29, 1.82) is 0 Å². The zero-order chi connectivity index (χ0) is 37.0. The highest BCUT2D eigenvalue weighted by Crippen LogP contribution is 2.42. The summed E-state index contributed by atoms with van der Waals surface area (Å²) in [6.45, 7) is 0. The number of benzene rings is 10. The van der Waals surface area contributed by atoms with E-state index in [0.29, 0.717) is 0 Å². The van der Waals surface area contributed by atoms with E-state index in [1.54, 1.807) is 0 Å². The molecule has 0 saturated heterocycles. The summed E-state index contributed by atoms with van der Waals surface area (Å²) < 4.78 is 9.26. The Morgan fingerprint density at radius 2 is 0.821 bits per heavy atom. The molecule has 0 fully saturated rings. The molecule has 11 aromatic rings. The van der Waals surface area contributed by atoms with Crippen LogP contribution in [-0.2, 0) is 0 Å². The maximum Gasteiger partial charge on any atom is 0.135 e. The molecule has 0 atom stereocenters. The number of nitrogens with zero attached hydrogens (tertiary/aromatic N) is 1. The zero-order valence-corrected chi connectivity index (χ0v) is 30.6. The Morgan fingerprint density at radius 1 is 0.286 bits per heavy atom. The molecule has 0 spiro atoms. The first-order valence-electron chi connectivity index (χ1n) is 19.2. The summed E-state index contributed by atoms with van der Waals surface area (Å²) in [6.07, 6.45) is 0. The van der Waals surface area contributed by atoms with Crippen LogP contribution in [0.3, 0.4) is 0 Å². The summed E-state index contributed by atoms with van der Waals surface area (Å²) in [5.41, 5.74) is 10.6. The second-order valence-corrected chi connectivity index (χ2v) is 14.5. The first-order valence-corrected chi connectivity index (χ1v) is 19.2. The van der Waals surface area contributed by atoms with E-state index in [1.807, 2.05) is 0 Å². The SMILES string of the molecule is c1ccc(-c2ccc(Oc3cccc4c(-c5ccc6c7ccc(-c8ccc9ccccc9c8)cc7n(-c7ccccc7)c6c5)cccc34)c3ccccc23)cc1. The van der Waals surface area contributed by atoms with Crippen molar-refractivity contribution in [1.82, 2.24) is 4.57 Å². The highest BCUT2D eigenvalue weighted by Gasteiger charge is 2.17. The topological polar surface area (TPSA) is 14.2 Å². The van der Waals surface area contributed by atoms with Gasteiger partial charge in [0.05, 0.1) is 11.0 Å². The highest BCUT2D eigenvalue weighted by molar-refractivity contribution is 6.12. The van der Waals surface area contributed by atoms with Crippen LogP contribution in [0.2, 0.25) is 0 Å². The summed E-state index contributed by atoms with van der Waals surface area (Å²) in [4.78, 5) is 0. The van der Waals surface area contributed by atoms with Gasteiger partial charge in [-0.05, 0) is 97.4 Å². The van der Waals surface area contributed by atoms with Gasteiger partial charge in [0, 0.05) is 27.2 Å². The van der Waals surface area contributed by atoms with Crippen molar-refractivity contribution >= 4 is 54.1 Å². The summed E-state index contributed by atoms with van der Waals surface area (Å²) in [5, 5.41) is 9.44. The lowest BCUT2D eigenvalue weighted by atomic mass is 9.96. The number of aromatic nitrogens is 1. The largest absolute Gasteiger partial charge is 0.456 e. The van der Waals surface area contributed by atoms with Crippen LogP contribution in [0.1, 0.15) is 0 Å². The molecule has 0 saturated carbocycles. The predicted molar refractivity (Wildman–Crippen MR) is 236 cm³/mol. The number of rotatable bonds is 6. The summed E-state index contributed by atoms with van der Waals surface area (Å²) in [7, 11) is 0. The van der Waals surface area contributed by atoms with Crippen LogP contribution in [0, 0.1) is 0 Å². The van der Waals surface area contributed by atoms with Crippen molar-refractivity contribution in [2.45, 2.75) is 0 Å². The number of hydrogen-bond acceptors (Lipinski definition) is 1. The molecule has 10 aromatic carbocycles. The summed E-state index contributed by atoms with van der Waals surface area (Å²) in [5.74, 6) is 1.68. The fraction of sp³-hybridized carbons (Fsp3) is 0. The fourth-order valence-electron chi connectivity index (χ4n) is 8.56. The lowest BCUT2D eigenvalue weighted by molar-refractivity contribution is 0.494. The lowest BCUT2D eigenvalue weighted by Crippen LogP contribution is -1.94. The maximum atomic E-state index is 6.84. The number of hydrogen-bond donors (Lipinski definition) is 0. The molecular formula is C54H35NO. The molecule has 0 aliphatic heterocycles. The molecule has 1 heterocycles. The van der Waals surface area contributed by atoms with Gasteiger partial charge in [-0.2, -0.15) is 0 Å². The monoisotopic (exact) mass is 713 g/mol. The van der Waals surface area contributed by atoms with Gasteiger partial charge < -0.3 is 9.30 Å². The van der Waals surface area contributed by atoms with E-state index in [-0.39, 0.29) is 0 Å². The van der Waals surface area contributed by atoms with E-state index in [0.717, 1.165) is 38.9 Å². The molecule has 56 heavy (non-hydrogen) atoms. The van der Waals surface area contributed by atoms with Crippen molar-refractivity contribution in [3.8, 4) is 50.6 Å². The molecule has 0 aliphatic rings. The van der Waals surface area contributed by atoms with Crippen LogP contribution in [0.15, 0.2) is 212 Å². The zero-order valence-electron chi connectivity index (χ0n) is 30.6. The van der Waals surface area contributed by atoms with E-state index in [2.05, 4.69) is 217 Å². The standard InChI is InChI=1S/C54H35NO/c1-3-14-37(15-4-1)44-31-32-54(49-20-10-9-19-45(44)49)56-53-24-12-22-46-43(21-11-23-50(46)53)41-28-30-48-47-29-27-40(39-26-25-36-13-7-8-16-38(36)33-39)34-51(47)55(52(48)35-41)42-17-5-2-6-18-42/h1-35H. The first-order chi connectivity index (χ1) is 27.8. The molecule has 0 aliphatic carbocycles. The van der Waals surface area contributed by atoms with Gasteiger partial charge in [-0.15, -0.1) is 0 Å². The maximum absolute atomic E-state index is 6.84. The lowest BCUT2D eigenvalue weighted by Gasteiger charge is -2.15. The third-order valence-electron chi connectivity index (χ3n) is 11.2. The van der Waals surface area contributed by atoms with Crippen molar-refractivity contribution in [2.75, 3.05) is 0 Å². The van der Waals surface area contributed by atoms with Crippen LogP contribution in [0.25, 0.3) is 93.2 Å². The Bertz CT molecular complexity index is 3270. The molecule has 0 bridgehead atoms. The van der Waals surface area contributed by atoms with Gasteiger partial charge in [0.1, 0.15) is 11.5 Å². The Hall–Kier alpha value is -7.42. The van der Waals surface area contributed by atoms with Gasteiger partial charge in [-0.25, -0.2) is 0 Å². The molecule has 0 unspecified atom stereocenters. The Kier molecular flexibility index (Phi) is 7.53. The molecule has 0 N–H and O–H groups in total. The third kappa shape index (κ3) is 5.34. The summed E-state index contributed by atoms with van der Waals surface area (Å²) in [6, 6.07) is 76.2. The average molecular weight is 714 g/mol. The first kappa shape index (κ1) is 32.0. The normalized spacial score (nSPS) is 11.6. The number of ether oxygens (including phenoxy) is 1. The van der Waals surface area contributed by atoms with Gasteiger partial charge in [0.25, 0.3) is 0 Å². The van der Waals surface area contributed by atoms with Crippen molar-refractivity contribution in [3.05, 3.63) is 212 Å². The second-order valence-electron chi connectivity index (χ2n) is 14.5. The van der Waals surface area contributed by atoms with Crippen LogP contribution < -0.4 is 4.74 Å². The quantitative estimate of drug-likeness (QED) is 0.167. The van der Waals surface area contributed by atoms with E-state index in [9.17, 15) is 0 Å². The van der Waals surface area contributed by atoms with Crippen LogP contribution in [-0.4, -0.2) is 4.57 Å².